The number of piperidine rings is 1. The average molecular weight is 830 g/mol. The van der Waals surface area contributed by atoms with Crippen LogP contribution >= 0.6 is 0 Å². The number of esters is 1. The van der Waals surface area contributed by atoms with Crippen LogP contribution in [0.1, 0.15) is 77.2 Å². The second-order valence-corrected chi connectivity index (χ2v) is 16.7. The third kappa shape index (κ3) is 7.87. The van der Waals surface area contributed by atoms with Gasteiger partial charge >= 0.3 is 11.8 Å². The average Bonchev–Trinajstić information content (AvgIpc) is 3.71. The lowest BCUT2D eigenvalue weighted by molar-refractivity contribution is -0.160. The second-order valence-electron chi connectivity index (χ2n) is 16.7. The number of aromatic hydroxyl groups is 2. The van der Waals surface area contributed by atoms with E-state index in [2.05, 4.69) is 11.4 Å². The number of anilines is 1. The Hall–Kier alpha value is -5.34. The zero-order valence-corrected chi connectivity index (χ0v) is 35.5. The molecule has 2 aromatic carbocycles. The van der Waals surface area contributed by atoms with E-state index in [4.69, 9.17) is 28.9 Å². The summed E-state index contributed by atoms with van der Waals surface area (Å²) < 4.78 is 23.9. The molecule has 5 N–H and O–H groups in total. The van der Waals surface area contributed by atoms with Gasteiger partial charge in [0, 0.05) is 87.1 Å². The van der Waals surface area contributed by atoms with Crippen LogP contribution < -0.4 is 20.8 Å². The molecule has 4 aliphatic heterocycles. The van der Waals surface area contributed by atoms with Gasteiger partial charge < -0.3 is 44.7 Å². The number of carbonyl (C=O) groups excluding carboxylic acids is 3. The van der Waals surface area contributed by atoms with Crippen LogP contribution in [-0.4, -0.2) is 106 Å². The Kier molecular flexibility index (Phi) is 12.5. The largest absolute Gasteiger partial charge is 0.507 e. The van der Waals surface area contributed by atoms with Crippen molar-refractivity contribution in [2.24, 2.45) is 33.7 Å². The number of ether oxygens (including phenoxy) is 4. The van der Waals surface area contributed by atoms with Crippen LogP contribution in [0.4, 0.5) is 5.69 Å². The van der Waals surface area contributed by atoms with E-state index in [0.29, 0.717) is 25.9 Å². The zero-order chi connectivity index (χ0) is 44.0. The van der Waals surface area contributed by atoms with Crippen LogP contribution in [0.3, 0.4) is 0 Å². The van der Waals surface area contributed by atoms with E-state index in [9.17, 15) is 40.1 Å². The Morgan fingerprint density at radius 3 is 2.30 bits per heavy atom. The number of allylic oxidation sites excluding steroid dienone is 2. The summed E-state index contributed by atoms with van der Waals surface area (Å²) in [5.41, 5.74) is -0.823. The van der Waals surface area contributed by atoms with Crippen LogP contribution in [0.5, 0.6) is 17.2 Å². The summed E-state index contributed by atoms with van der Waals surface area (Å²) in [6.07, 6.45) is 4.58. The fourth-order valence-electron chi connectivity index (χ4n) is 8.76. The first-order chi connectivity index (χ1) is 28.3. The lowest BCUT2D eigenvalue weighted by atomic mass is 9.78. The normalized spacial score (nSPS) is 32.7. The van der Waals surface area contributed by atoms with E-state index in [1.807, 2.05) is 4.90 Å². The number of benzene rings is 2. The number of phenolic OH excluding ortho intramolecular Hbond substituents is 2. The van der Waals surface area contributed by atoms with E-state index in [0.717, 1.165) is 0 Å². The molecule has 0 aliphatic carbocycles. The second kappa shape index (κ2) is 17.0. The Labute approximate surface area is 348 Å². The van der Waals surface area contributed by atoms with Crippen molar-refractivity contribution in [2.45, 2.75) is 104 Å². The highest BCUT2D eigenvalue weighted by atomic mass is 16.7. The molecule has 60 heavy (non-hydrogen) atoms. The monoisotopic (exact) mass is 829 g/mol. The van der Waals surface area contributed by atoms with E-state index in [1.54, 1.807) is 46.8 Å². The molecule has 0 saturated carbocycles. The van der Waals surface area contributed by atoms with Gasteiger partial charge in [0.15, 0.2) is 11.4 Å². The minimum absolute atomic E-state index is 0.00552. The Balaban J connectivity index is 1.55. The number of methoxy groups -OCH3 is 1. The minimum Gasteiger partial charge on any atom is -0.507 e. The number of fused-ring (bicyclic) bond motifs is 1. The lowest BCUT2D eigenvalue weighted by Crippen LogP contribution is -2.46. The standard InChI is InChI=1S/C44H55N5O11/c1-21-11-10-12-22(2)42(56)46-34-33-32(47-44(48-33)14-17-49(18-15-44)19-16-45)29-30(38(34)54)37(53)26(6)40-31(29)41(55)43(8,60-40)58-20-13-28(57-9)23(3)39(59-27(7)50)25(5)36(52)24(4)35(21)51/h10-13,20-21,23-25,28,35-36,39,51-54H,14-15,17-19H2,1-9H3,(H,46,56)/b11-10+,20-13+,22-12-/t21-,23+,24+,25+,28-,35-,36+,39+,43-/m0/s1. The minimum atomic E-state index is -1.98. The Morgan fingerprint density at radius 1 is 1.00 bits per heavy atom. The molecule has 4 bridgehead atoms. The summed E-state index contributed by atoms with van der Waals surface area (Å²) in [5.74, 6) is -7.18. The number of phenols is 2. The predicted octanol–water partition coefficient (Wildman–Crippen LogP) is 3.62. The number of aliphatic hydroxyl groups excluding tert-OH is 2. The predicted molar refractivity (Wildman–Crippen MR) is 218 cm³/mol. The van der Waals surface area contributed by atoms with E-state index in [1.165, 1.54) is 46.3 Å². The van der Waals surface area contributed by atoms with Gasteiger partial charge in [0.25, 0.3) is 11.7 Å². The molecule has 0 aromatic heterocycles. The molecule has 1 fully saturated rings. The molecule has 1 saturated heterocycles. The van der Waals surface area contributed by atoms with E-state index in [-0.39, 0.29) is 56.2 Å². The molecule has 9 atom stereocenters. The van der Waals surface area contributed by atoms with Crippen molar-refractivity contribution in [3.8, 4) is 23.3 Å². The maximum Gasteiger partial charge on any atom is 0.312 e. The van der Waals surface area contributed by atoms with Crippen molar-refractivity contribution in [3.05, 3.63) is 58.0 Å². The summed E-state index contributed by atoms with van der Waals surface area (Å²) in [4.78, 5) is 52.9. The number of Topliss-reactive ketones (excluding diaryl/α,β-unsaturated/α-hetero) is 1. The molecule has 6 rings (SSSR count). The molecule has 322 valence electrons. The number of rotatable bonds is 3. The number of nitrogens with zero attached hydrogens (tertiary/aromatic N) is 4. The molecule has 2 aromatic rings. The third-order valence-corrected chi connectivity index (χ3v) is 12.6. The van der Waals surface area contributed by atoms with Crippen molar-refractivity contribution in [1.82, 2.24) is 4.90 Å². The van der Waals surface area contributed by atoms with Crippen molar-refractivity contribution >= 4 is 34.1 Å². The van der Waals surface area contributed by atoms with Gasteiger partial charge in [0.05, 0.1) is 53.5 Å². The first-order valence-corrected chi connectivity index (χ1v) is 20.2. The molecule has 0 unspecified atom stereocenters. The molecule has 16 nitrogen and oxygen atoms in total. The summed E-state index contributed by atoms with van der Waals surface area (Å²) in [5, 5.41) is 59.0. The summed E-state index contributed by atoms with van der Waals surface area (Å²) in [7, 11) is 1.45. The van der Waals surface area contributed by atoms with Crippen molar-refractivity contribution < 1.29 is 53.8 Å². The number of ketones is 1. The summed E-state index contributed by atoms with van der Waals surface area (Å²) in [6.45, 7) is 13.9. The van der Waals surface area contributed by atoms with Crippen molar-refractivity contribution in [3.63, 3.8) is 0 Å². The fraction of sp³-hybridized carbons (Fsp3) is 0.545. The molecule has 16 heteroatoms. The van der Waals surface area contributed by atoms with E-state index >= 15 is 0 Å². The Morgan fingerprint density at radius 2 is 1.67 bits per heavy atom. The van der Waals surface area contributed by atoms with E-state index < -0.39 is 88.7 Å². The first kappa shape index (κ1) is 44.2. The number of nitriles is 1. The molecule has 4 heterocycles. The number of aliphatic hydroxyl groups is 2. The topological polar surface area (TPSA) is 233 Å². The van der Waals surface area contributed by atoms with Gasteiger partial charge in [-0.3, -0.25) is 29.3 Å². The van der Waals surface area contributed by atoms with Crippen LogP contribution in [0, 0.1) is 41.9 Å². The zero-order valence-electron chi connectivity index (χ0n) is 35.5. The highest BCUT2D eigenvalue weighted by Crippen LogP contribution is 2.50. The highest BCUT2D eigenvalue weighted by Gasteiger charge is 2.50. The molecular formula is C44H55N5O11. The highest BCUT2D eigenvalue weighted by molar-refractivity contribution is 6.19. The Bertz CT molecular complexity index is 2340. The third-order valence-electron chi connectivity index (χ3n) is 12.6. The van der Waals surface area contributed by atoms with Gasteiger partial charge in [0.1, 0.15) is 28.6 Å². The lowest BCUT2D eigenvalue weighted by Gasteiger charge is -2.38. The number of hydrogen-bond acceptors (Lipinski definition) is 15. The summed E-state index contributed by atoms with van der Waals surface area (Å²) in [6, 6.07) is 2.17. The smallest absolute Gasteiger partial charge is 0.312 e. The van der Waals surface area contributed by atoms with Crippen molar-refractivity contribution in [2.75, 3.05) is 32.1 Å². The van der Waals surface area contributed by atoms with Gasteiger partial charge in [-0.2, -0.15) is 5.26 Å². The molecule has 0 radical (unpaired) electrons. The van der Waals surface area contributed by atoms with Gasteiger partial charge in [-0.25, -0.2) is 0 Å². The molecule has 1 spiro atoms. The van der Waals surface area contributed by atoms with Crippen LogP contribution in [0.2, 0.25) is 0 Å². The van der Waals surface area contributed by atoms with Gasteiger partial charge in [0.2, 0.25) is 0 Å². The van der Waals surface area contributed by atoms with Gasteiger partial charge in [-0.15, -0.1) is 0 Å². The molecule has 1 amide bonds. The van der Waals surface area contributed by atoms with Gasteiger partial charge in [-0.1, -0.05) is 45.9 Å². The number of hydrogen-bond donors (Lipinski definition) is 5. The van der Waals surface area contributed by atoms with Crippen molar-refractivity contribution in [1.29, 1.82) is 5.26 Å². The number of likely N-dealkylation sites (tertiary alicyclic amines) is 1. The fourth-order valence-corrected chi connectivity index (χ4v) is 8.76. The molecular weight excluding hydrogens is 775 g/mol. The quantitative estimate of drug-likeness (QED) is 0.169. The first-order valence-electron chi connectivity index (χ1n) is 20.2. The number of carbonyl (C=O) groups is 3. The SMILES string of the molecule is CO[C@H]1/C=C/O[C@@]2(C)Oc3c(C)c(O)c4c(O)c(c5c(c4c3C2=O)=NC2(CCN(CC#N)CC2)N=5)NC(=O)/C(C)=C\C=C\[C@H](C)[C@H](O)[C@@H](C)[C@@H](O)[C@@H](C)[C@H](OC(C)=O)[C@@H]1C. The van der Waals surface area contributed by atoms with Crippen LogP contribution in [-0.2, 0) is 23.8 Å². The number of nitrogens with one attached hydrogen (secondary N) is 1. The van der Waals surface area contributed by atoms with Gasteiger partial charge in [-0.05, 0) is 19.9 Å². The van der Waals surface area contributed by atoms with Crippen LogP contribution in [0.25, 0.3) is 10.8 Å². The summed E-state index contributed by atoms with van der Waals surface area (Å²) >= 11 is 0. The van der Waals surface area contributed by atoms with Crippen LogP contribution in [0.15, 0.2) is 46.1 Å². The maximum absolute atomic E-state index is 14.7. The maximum atomic E-state index is 14.7. The number of amides is 1. The molecule has 4 aliphatic rings.